The predicted octanol–water partition coefficient (Wildman–Crippen LogP) is -0.981. The van der Waals surface area contributed by atoms with Gasteiger partial charge in [-0.3, -0.25) is 18.8 Å². The summed E-state index contributed by atoms with van der Waals surface area (Å²) in [5, 5.41) is 11.4. The third-order valence-electron chi connectivity index (χ3n) is 5.23. The first-order valence-electron chi connectivity index (χ1n) is 9.14. The number of fused-ring (bicyclic) bond motifs is 2. The van der Waals surface area contributed by atoms with E-state index in [0.29, 0.717) is 45.6 Å². The number of rotatable bonds is 3. The van der Waals surface area contributed by atoms with Crippen molar-refractivity contribution in [2.45, 2.75) is 45.9 Å². The van der Waals surface area contributed by atoms with E-state index in [1.165, 1.54) is 11.6 Å². The first-order valence-corrected chi connectivity index (χ1v) is 9.14. The fourth-order valence-electron chi connectivity index (χ4n) is 3.81. The van der Waals surface area contributed by atoms with Gasteiger partial charge in [-0.05, 0) is 12.5 Å². The van der Waals surface area contributed by atoms with Gasteiger partial charge in [-0.1, -0.05) is 0 Å². The quantitative estimate of drug-likeness (QED) is 0.744. The zero-order valence-corrected chi connectivity index (χ0v) is 15.5. The van der Waals surface area contributed by atoms with Crippen molar-refractivity contribution >= 4 is 11.8 Å². The third kappa shape index (κ3) is 3.26. The smallest absolute Gasteiger partial charge is 0.345 e. The standard InChI is InChI=1S/C17H23N7O3/c1-11(25)18-8-13-7-14-10-22(5-6-24(14)19-13)16(26)12-3-4-15-20-21(2)17(27)23(15)9-12/h7,12H,3-6,8-10H2,1-2H3,(H,18,25)/t12-/m0/s1. The van der Waals surface area contributed by atoms with Crippen LogP contribution in [0.1, 0.15) is 30.6 Å². The van der Waals surface area contributed by atoms with Gasteiger partial charge in [-0.15, -0.1) is 0 Å². The Labute approximate surface area is 155 Å². The Morgan fingerprint density at radius 1 is 1.30 bits per heavy atom. The van der Waals surface area contributed by atoms with Crippen molar-refractivity contribution in [2.24, 2.45) is 13.0 Å². The van der Waals surface area contributed by atoms with Gasteiger partial charge in [0.05, 0.1) is 36.9 Å². The van der Waals surface area contributed by atoms with E-state index in [9.17, 15) is 14.4 Å². The van der Waals surface area contributed by atoms with Crippen LogP contribution in [0.4, 0.5) is 0 Å². The zero-order chi connectivity index (χ0) is 19.1. The molecule has 2 aromatic rings. The summed E-state index contributed by atoms with van der Waals surface area (Å²) in [5.41, 5.74) is 1.59. The maximum atomic E-state index is 13.0. The molecule has 1 N–H and O–H groups in total. The summed E-state index contributed by atoms with van der Waals surface area (Å²) in [5.74, 6) is 0.533. The summed E-state index contributed by atoms with van der Waals surface area (Å²) >= 11 is 0. The van der Waals surface area contributed by atoms with Crippen LogP contribution in [0.3, 0.4) is 0 Å². The van der Waals surface area contributed by atoms with Crippen LogP contribution < -0.4 is 11.0 Å². The lowest BCUT2D eigenvalue weighted by Crippen LogP contribution is -2.44. The number of hydrogen-bond donors (Lipinski definition) is 1. The molecule has 2 aliphatic rings. The highest BCUT2D eigenvalue weighted by molar-refractivity contribution is 5.79. The van der Waals surface area contributed by atoms with Crippen LogP contribution >= 0.6 is 0 Å². The van der Waals surface area contributed by atoms with E-state index in [1.54, 1.807) is 11.6 Å². The van der Waals surface area contributed by atoms with Crippen molar-refractivity contribution in [3.8, 4) is 0 Å². The number of nitrogens with zero attached hydrogens (tertiary/aromatic N) is 6. The van der Waals surface area contributed by atoms with Crippen LogP contribution in [0.2, 0.25) is 0 Å². The highest BCUT2D eigenvalue weighted by Crippen LogP contribution is 2.22. The van der Waals surface area contributed by atoms with Gasteiger partial charge in [0.15, 0.2) is 0 Å². The van der Waals surface area contributed by atoms with Gasteiger partial charge in [-0.2, -0.15) is 10.2 Å². The molecule has 144 valence electrons. The minimum atomic E-state index is -0.201. The highest BCUT2D eigenvalue weighted by Gasteiger charge is 2.32. The van der Waals surface area contributed by atoms with Gasteiger partial charge in [0.2, 0.25) is 11.8 Å². The summed E-state index contributed by atoms with van der Waals surface area (Å²) in [6.07, 6.45) is 1.35. The van der Waals surface area contributed by atoms with Crippen molar-refractivity contribution in [1.29, 1.82) is 0 Å². The Balaban J connectivity index is 1.44. The second kappa shape index (κ2) is 6.67. The Kier molecular flexibility index (Phi) is 4.33. The fraction of sp³-hybridized carbons (Fsp3) is 0.588. The molecule has 4 rings (SSSR count). The van der Waals surface area contributed by atoms with Gasteiger partial charge >= 0.3 is 5.69 Å². The van der Waals surface area contributed by atoms with Crippen LogP contribution in [0, 0.1) is 5.92 Å². The summed E-state index contributed by atoms with van der Waals surface area (Å²) < 4.78 is 4.84. The normalized spacial score (nSPS) is 18.7. The topological polar surface area (TPSA) is 107 Å². The molecule has 0 aromatic carbocycles. The molecule has 1 atom stereocenters. The van der Waals surface area contributed by atoms with Crippen LogP contribution in [0.15, 0.2) is 10.9 Å². The molecule has 2 aliphatic heterocycles. The average molecular weight is 373 g/mol. The zero-order valence-electron chi connectivity index (χ0n) is 15.5. The van der Waals surface area contributed by atoms with E-state index in [0.717, 1.165) is 17.2 Å². The van der Waals surface area contributed by atoms with Gasteiger partial charge in [-0.25, -0.2) is 9.48 Å². The average Bonchev–Trinajstić information content (AvgIpc) is 3.19. The summed E-state index contributed by atoms with van der Waals surface area (Å²) in [6.45, 7) is 3.98. The molecular weight excluding hydrogens is 350 g/mol. The molecular formula is C17H23N7O3. The summed E-state index contributed by atoms with van der Waals surface area (Å²) in [7, 11) is 1.63. The molecule has 10 heteroatoms. The van der Waals surface area contributed by atoms with Crippen molar-refractivity contribution in [2.75, 3.05) is 6.54 Å². The van der Waals surface area contributed by atoms with Crippen LogP contribution in [0.25, 0.3) is 0 Å². The minimum Gasteiger partial charge on any atom is -0.351 e. The summed E-state index contributed by atoms with van der Waals surface area (Å²) in [6, 6.07) is 1.93. The minimum absolute atomic E-state index is 0.0762. The molecule has 2 amide bonds. The van der Waals surface area contributed by atoms with Crippen molar-refractivity contribution < 1.29 is 9.59 Å². The third-order valence-corrected chi connectivity index (χ3v) is 5.23. The number of carbonyl (C=O) groups is 2. The Bertz CT molecular complexity index is 954. The fourth-order valence-corrected chi connectivity index (χ4v) is 3.81. The highest BCUT2D eigenvalue weighted by atomic mass is 16.2. The second-order valence-electron chi connectivity index (χ2n) is 7.19. The largest absolute Gasteiger partial charge is 0.351 e. The molecule has 10 nitrogen and oxygen atoms in total. The second-order valence-corrected chi connectivity index (χ2v) is 7.19. The molecule has 0 unspecified atom stereocenters. The van der Waals surface area contributed by atoms with E-state index >= 15 is 0 Å². The van der Waals surface area contributed by atoms with Crippen molar-refractivity contribution in [3.05, 3.63) is 33.8 Å². The molecule has 4 heterocycles. The SMILES string of the molecule is CC(=O)NCc1cc2n(n1)CCN(C(=O)[C@H]1CCc3nn(C)c(=O)n3C1)C2. The van der Waals surface area contributed by atoms with Gasteiger partial charge in [0.1, 0.15) is 5.82 Å². The van der Waals surface area contributed by atoms with E-state index in [1.807, 2.05) is 15.6 Å². The Morgan fingerprint density at radius 3 is 2.89 bits per heavy atom. The molecule has 0 aliphatic carbocycles. The number of nitrogens with one attached hydrogen (secondary N) is 1. The van der Waals surface area contributed by atoms with Crippen molar-refractivity contribution in [3.63, 3.8) is 0 Å². The predicted molar refractivity (Wildman–Crippen MR) is 94.4 cm³/mol. The number of aryl methyl sites for hydroxylation is 2. The van der Waals surface area contributed by atoms with Crippen LogP contribution in [0.5, 0.6) is 0 Å². The van der Waals surface area contributed by atoms with E-state index < -0.39 is 0 Å². The molecule has 0 fully saturated rings. The van der Waals surface area contributed by atoms with E-state index in [2.05, 4.69) is 15.5 Å². The van der Waals surface area contributed by atoms with E-state index in [4.69, 9.17) is 0 Å². The maximum absolute atomic E-state index is 13.0. The molecule has 0 saturated carbocycles. The lowest BCUT2D eigenvalue weighted by atomic mass is 9.97. The lowest BCUT2D eigenvalue weighted by Gasteiger charge is -2.32. The summed E-state index contributed by atoms with van der Waals surface area (Å²) in [4.78, 5) is 38.0. The molecule has 0 spiro atoms. The van der Waals surface area contributed by atoms with Crippen LogP contribution in [-0.4, -0.2) is 47.4 Å². The molecule has 0 saturated heterocycles. The number of aromatic nitrogens is 5. The number of carbonyl (C=O) groups excluding carboxylic acids is 2. The Morgan fingerprint density at radius 2 is 2.11 bits per heavy atom. The van der Waals surface area contributed by atoms with Crippen LogP contribution in [-0.2, 0) is 49.2 Å². The van der Waals surface area contributed by atoms with E-state index in [-0.39, 0.29) is 23.4 Å². The number of amides is 2. The monoisotopic (exact) mass is 373 g/mol. The van der Waals surface area contributed by atoms with Gasteiger partial charge in [0, 0.05) is 33.5 Å². The first kappa shape index (κ1) is 17.5. The molecule has 0 radical (unpaired) electrons. The Hall–Kier alpha value is -2.91. The lowest BCUT2D eigenvalue weighted by molar-refractivity contribution is -0.138. The number of hydrogen-bond acceptors (Lipinski definition) is 5. The molecule has 0 bridgehead atoms. The molecule has 2 aromatic heterocycles. The van der Waals surface area contributed by atoms with Gasteiger partial charge in [0.25, 0.3) is 0 Å². The first-order chi connectivity index (χ1) is 12.9. The van der Waals surface area contributed by atoms with Gasteiger partial charge < -0.3 is 10.2 Å². The van der Waals surface area contributed by atoms with Crippen molar-refractivity contribution in [1.82, 2.24) is 34.3 Å². The maximum Gasteiger partial charge on any atom is 0.345 e. The molecule has 27 heavy (non-hydrogen) atoms.